The molecular formula is C5H11N3O2. The van der Waals surface area contributed by atoms with Crippen molar-refractivity contribution in [1.29, 1.82) is 0 Å². The molecule has 10 heavy (non-hydrogen) atoms. The smallest absolute Gasteiger partial charge is 0.265 e. The molecule has 0 aliphatic rings. The Morgan fingerprint density at radius 2 is 2.50 bits per heavy atom. The van der Waals surface area contributed by atoms with Crippen molar-refractivity contribution in [3.63, 3.8) is 0 Å². The molecule has 4 N–H and O–H groups in total. The van der Waals surface area contributed by atoms with Gasteiger partial charge in [-0.05, 0) is 13.0 Å². The minimum Gasteiger partial charge on any atom is -0.411 e. The predicted octanol–water partition coefficient (Wildman–Crippen LogP) is -1.09. The Morgan fingerprint density at radius 1 is 1.80 bits per heavy atom. The molecule has 0 aliphatic heterocycles. The maximum absolute atomic E-state index is 10.5. The summed E-state index contributed by atoms with van der Waals surface area (Å²) in [5.74, 6) is -0.407. The molecular weight excluding hydrogens is 134 g/mol. The molecule has 0 aliphatic carbocycles. The second kappa shape index (κ2) is 6.03. The van der Waals surface area contributed by atoms with Crippen molar-refractivity contribution >= 4 is 12.1 Å². The molecule has 0 atom stereocenters. The Hall–Kier alpha value is -1.10. The number of carbonyl (C=O) groups is 1. The van der Waals surface area contributed by atoms with Crippen LogP contribution in [-0.4, -0.2) is 30.4 Å². The van der Waals surface area contributed by atoms with E-state index in [1.54, 1.807) is 0 Å². The van der Waals surface area contributed by atoms with Gasteiger partial charge in [0.05, 0.1) is 0 Å². The molecule has 0 heterocycles. The Balaban J connectivity index is 3.22. The largest absolute Gasteiger partial charge is 0.411 e. The summed E-state index contributed by atoms with van der Waals surface area (Å²) in [4.78, 5) is 10.5. The van der Waals surface area contributed by atoms with E-state index < -0.39 is 5.91 Å². The lowest BCUT2D eigenvalue weighted by Crippen LogP contribution is -2.26. The van der Waals surface area contributed by atoms with Crippen molar-refractivity contribution < 1.29 is 10.0 Å². The fourth-order valence-corrected chi connectivity index (χ4v) is 0.412. The van der Waals surface area contributed by atoms with Crippen LogP contribution in [0.1, 0.15) is 6.42 Å². The molecule has 0 aromatic rings. The van der Waals surface area contributed by atoms with E-state index in [2.05, 4.69) is 10.5 Å². The normalized spacial score (nSPS) is 10.1. The minimum absolute atomic E-state index is 0.407. The average molecular weight is 145 g/mol. The average Bonchev–Trinajstić information content (AvgIpc) is 1.89. The van der Waals surface area contributed by atoms with Crippen LogP contribution < -0.4 is 11.1 Å². The molecule has 0 radical (unpaired) electrons. The van der Waals surface area contributed by atoms with E-state index in [4.69, 9.17) is 10.9 Å². The van der Waals surface area contributed by atoms with Gasteiger partial charge >= 0.3 is 0 Å². The third-order valence-electron chi connectivity index (χ3n) is 0.855. The van der Waals surface area contributed by atoms with Gasteiger partial charge in [-0.1, -0.05) is 5.16 Å². The van der Waals surface area contributed by atoms with E-state index in [0.29, 0.717) is 13.1 Å². The van der Waals surface area contributed by atoms with Crippen molar-refractivity contribution in [3.8, 4) is 0 Å². The molecule has 0 aromatic carbocycles. The Bertz CT molecular complexity index is 124. The Kier molecular flexibility index (Phi) is 5.36. The number of rotatable bonds is 4. The lowest BCUT2D eigenvalue weighted by atomic mass is 10.4. The van der Waals surface area contributed by atoms with Gasteiger partial charge in [-0.3, -0.25) is 4.79 Å². The zero-order valence-corrected chi connectivity index (χ0v) is 5.58. The minimum atomic E-state index is -0.407. The summed E-state index contributed by atoms with van der Waals surface area (Å²) in [7, 11) is 0. The Morgan fingerprint density at radius 3 is 3.00 bits per heavy atom. The van der Waals surface area contributed by atoms with Gasteiger partial charge in [-0.25, -0.2) is 0 Å². The molecule has 0 aromatic heterocycles. The highest BCUT2D eigenvalue weighted by Gasteiger charge is 1.92. The van der Waals surface area contributed by atoms with Gasteiger partial charge in [-0.15, -0.1) is 0 Å². The molecule has 0 saturated carbocycles. The molecule has 0 rings (SSSR count). The first kappa shape index (κ1) is 8.90. The highest BCUT2D eigenvalue weighted by atomic mass is 16.4. The lowest BCUT2D eigenvalue weighted by molar-refractivity contribution is -0.114. The van der Waals surface area contributed by atoms with Crippen molar-refractivity contribution in [3.05, 3.63) is 0 Å². The predicted molar refractivity (Wildman–Crippen MR) is 37.0 cm³/mol. The molecule has 0 fully saturated rings. The van der Waals surface area contributed by atoms with Crippen LogP contribution in [0, 0.1) is 0 Å². The van der Waals surface area contributed by atoms with Crippen LogP contribution in [0.4, 0.5) is 0 Å². The van der Waals surface area contributed by atoms with Crippen molar-refractivity contribution in [2.24, 2.45) is 10.9 Å². The van der Waals surface area contributed by atoms with E-state index in [1.807, 2.05) is 0 Å². The fourth-order valence-electron chi connectivity index (χ4n) is 0.412. The summed E-state index contributed by atoms with van der Waals surface area (Å²) >= 11 is 0. The number of nitrogens with two attached hydrogens (primary N) is 1. The number of nitrogens with zero attached hydrogens (tertiary/aromatic N) is 1. The van der Waals surface area contributed by atoms with Gasteiger partial charge in [0.2, 0.25) is 0 Å². The van der Waals surface area contributed by atoms with Crippen LogP contribution in [-0.2, 0) is 4.79 Å². The zero-order valence-electron chi connectivity index (χ0n) is 5.58. The third kappa shape index (κ3) is 5.04. The molecule has 1 amide bonds. The van der Waals surface area contributed by atoms with E-state index in [9.17, 15) is 4.79 Å². The zero-order chi connectivity index (χ0) is 7.82. The third-order valence-corrected chi connectivity index (χ3v) is 0.855. The van der Waals surface area contributed by atoms with Gasteiger partial charge in [0.1, 0.15) is 6.21 Å². The van der Waals surface area contributed by atoms with Gasteiger partial charge in [-0.2, -0.15) is 0 Å². The highest BCUT2D eigenvalue weighted by molar-refractivity contribution is 6.25. The number of hydrogen-bond donors (Lipinski definition) is 3. The fraction of sp³-hybridized carbons (Fsp3) is 0.600. The molecule has 0 bridgehead atoms. The number of oxime groups is 1. The van der Waals surface area contributed by atoms with Gasteiger partial charge < -0.3 is 16.3 Å². The second-order valence-corrected chi connectivity index (χ2v) is 1.68. The maximum atomic E-state index is 10.5. The number of carbonyl (C=O) groups excluding carboxylic acids is 1. The number of nitrogens with one attached hydrogen (secondary N) is 1. The van der Waals surface area contributed by atoms with E-state index in [1.165, 1.54) is 0 Å². The van der Waals surface area contributed by atoms with Gasteiger partial charge in [0, 0.05) is 6.54 Å². The van der Waals surface area contributed by atoms with Crippen molar-refractivity contribution in [2.75, 3.05) is 13.1 Å². The summed E-state index contributed by atoms with van der Waals surface area (Å²) in [6, 6.07) is 0. The summed E-state index contributed by atoms with van der Waals surface area (Å²) < 4.78 is 0. The van der Waals surface area contributed by atoms with Crippen LogP contribution in [0.25, 0.3) is 0 Å². The summed E-state index contributed by atoms with van der Waals surface area (Å²) in [5.41, 5.74) is 5.15. The number of hydrogen-bond acceptors (Lipinski definition) is 4. The van der Waals surface area contributed by atoms with Crippen LogP contribution in [0.15, 0.2) is 5.16 Å². The van der Waals surface area contributed by atoms with Crippen LogP contribution >= 0.6 is 0 Å². The molecule has 0 unspecified atom stereocenters. The lowest BCUT2D eigenvalue weighted by Gasteiger charge is -1.96. The maximum Gasteiger partial charge on any atom is 0.265 e. The first-order valence-electron chi connectivity index (χ1n) is 2.96. The van der Waals surface area contributed by atoms with E-state index in [0.717, 1.165) is 12.6 Å². The first-order valence-corrected chi connectivity index (χ1v) is 2.96. The van der Waals surface area contributed by atoms with Gasteiger partial charge in [0.15, 0.2) is 0 Å². The van der Waals surface area contributed by atoms with Crippen LogP contribution in [0.2, 0.25) is 0 Å². The molecule has 58 valence electrons. The molecule has 5 heteroatoms. The van der Waals surface area contributed by atoms with Crippen LogP contribution in [0.3, 0.4) is 0 Å². The topological polar surface area (TPSA) is 87.7 Å². The number of amides is 1. The van der Waals surface area contributed by atoms with E-state index in [-0.39, 0.29) is 0 Å². The van der Waals surface area contributed by atoms with Gasteiger partial charge in [0.25, 0.3) is 5.91 Å². The molecule has 0 spiro atoms. The van der Waals surface area contributed by atoms with Crippen LogP contribution in [0.5, 0.6) is 0 Å². The molecule has 0 saturated heterocycles. The molecule has 5 nitrogen and oxygen atoms in total. The SMILES string of the molecule is NCCCNC(=O)/C=N/O. The summed E-state index contributed by atoms with van der Waals surface area (Å²) in [6.07, 6.45) is 1.53. The summed E-state index contributed by atoms with van der Waals surface area (Å²) in [6.45, 7) is 1.05. The van der Waals surface area contributed by atoms with Crippen molar-refractivity contribution in [1.82, 2.24) is 5.32 Å². The standard InChI is InChI=1S/C5H11N3O2/c6-2-1-3-7-5(9)4-8-10/h4,10H,1-3,6H2,(H,7,9)/b8-4+. The van der Waals surface area contributed by atoms with E-state index >= 15 is 0 Å². The Labute approximate surface area is 58.9 Å². The summed E-state index contributed by atoms with van der Waals surface area (Å²) in [5, 5.41) is 12.9. The monoisotopic (exact) mass is 145 g/mol. The highest BCUT2D eigenvalue weighted by Crippen LogP contribution is 1.68. The quantitative estimate of drug-likeness (QED) is 0.203. The van der Waals surface area contributed by atoms with Crippen molar-refractivity contribution in [2.45, 2.75) is 6.42 Å². The second-order valence-electron chi connectivity index (χ2n) is 1.68. The first-order chi connectivity index (χ1) is 4.81.